The minimum atomic E-state index is 0.898. The van der Waals surface area contributed by atoms with Gasteiger partial charge >= 0.3 is 0 Å². The molecule has 3 heteroatoms. The molecule has 2 heterocycles. The van der Waals surface area contributed by atoms with Gasteiger partial charge in [-0.05, 0) is 99.3 Å². The summed E-state index contributed by atoms with van der Waals surface area (Å²) in [5.74, 6) is 0. The summed E-state index contributed by atoms with van der Waals surface area (Å²) >= 11 is 0. The van der Waals surface area contributed by atoms with E-state index >= 15 is 0 Å². The molecule has 3 nitrogen and oxygen atoms in total. The highest BCUT2D eigenvalue weighted by Gasteiger charge is 2.22. The van der Waals surface area contributed by atoms with Crippen molar-refractivity contribution in [3.8, 4) is 50.2 Å². The highest BCUT2D eigenvalue weighted by Crippen LogP contribution is 2.46. The molecule has 0 unspecified atom stereocenters. The molecule has 0 radical (unpaired) electrons. The Balaban J connectivity index is 0.963. The highest BCUT2D eigenvalue weighted by molar-refractivity contribution is 6.11. The summed E-state index contributed by atoms with van der Waals surface area (Å²) in [6, 6.07) is 91.9. The Labute approximate surface area is 388 Å². The summed E-state index contributed by atoms with van der Waals surface area (Å²) in [6.07, 6.45) is 0. The first-order valence-electron chi connectivity index (χ1n) is 22.9. The van der Waals surface area contributed by atoms with Crippen molar-refractivity contribution in [3.05, 3.63) is 255 Å². The third-order valence-corrected chi connectivity index (χ3v) is 13.4. The van der Waals surface area contributed by atoms with Gasteiger partial charge in [-0.2, -0.15) is 0 Å². The number of anilines is 3. The third-order valence-electron chi connectivity index (χ3n) is 13.4. The maximum atomic E-state index is 6.55. The normalized spacial score (nSPS) is 11.6. The largest absolute Gasteiger partial charge is 0.455 e. The number of rotatable bonds is 8. The highest BCUT2D eigenvalue weighted by atomic mass is 16.3. The molecule has 314 valence electrons. The van der Waals surface area contributed by atoms with Crippen LogP contribution in [0.4, 0.5) is 17.1 Å². The van der Waals surface area contributed by atoms with Gasteiger partial charge in [0, 0.05) is 49.6 Å². The van der Waals surface area contributed by atoms with Gasteiger partial charge < -0.3 is 13.9 Å². The molecule has 67 heavy (non-hydrogen) atoms. The summed E-state index contributed by atoms with van der Waals surface area (Å²) in [7, 11) is 0. The molecule has 0 amide bonds. The van der Waals surface area contributed by atoms with Crippen molar-refractivity contribution in [1.29, 1.82) is 0 Å². The maximum absolute atomic E-state index is 6.55. The molecule has 13 aromatic rings. The van der Waals surface area contributed by atoms with Crippen molar-refractivity contribution < 1.29 is 4.42 Å². The van der Waals surface area contributed by atoms with Crippen LogP contribution in [0.25, 0.3) is 105 Å². The topological polar surface area (TPSA) is 21.3 Å². The zero-order chi connectivity index (χ0) is 44.3. The van der Waals surface area contributed by atoms with Crippen molar-refractivity contribution in [1.82, 2.24) is 4.57 Å². The summed E-state index contributed by atoms with van der Waals surface area (Å²) in [4.78, 5) is 2.41. The Hall–Kier alpha value is -8.92. The number of benzene rings is 11. The molecule has 2 aromatic heterocycles. The van der Waals surface area contributed by atoms with E-state index in [0.29, 0.717) is 0 Å². The number of fused-ring (bicyclic) bond motifs is 7. The quantitative estimate of drug-likeness (QED) is 0.152. The SMILES string of the molecule is c1ccc(-c2cccc3c2oc2ccccc23)c(-c2ccc(N(c3ccc(-c4ccc5ccccc5c4)cc3)c3ccccc3-c3ccccc3-n3c4ccccc4c4ccccc43)cc2)c1. The molecule has 0 aliphatic rings. The fourth-order valence-corrected chi connectivity index (χ4v) is 10.3. The summed E-state index contributed by atoms with van der Waals surface area (Å²) < 4.78 is 8.97. The minimum Gasteiger partial charge on any atom is -0.455 e. The van der Waals surface area contributed by atoms with E-state index in [-0.39, 0.29) is 0 Å². The monoisotopic (exact) mass is 854 g/mol. The number of hydrogen-bond acceptors (Lipinski definition) is 2. The van der Waals surface area contributed by atoms with Crippen LogP contribution in [0.1, 0.15) is 0 Å². The lowest BCUT2D eigenvalue weighted by Crippen LogP contribution is -2.11. The molecule has 0 atom stereocenters. The first-order valence-corrected chi connectivity index (χ1v) is 22.9. The van der Waals surface area contributed by atoms with Crippen LogP contribution >= 0.6 is 0 Å². The van der Waals surface area contributed by atoms with Crippen molar-refractivity contribution in [2.45, 2.75) is 0 Å². The van der Waals surface area contributed by atoms with Gasteiger partial charge in [-0.15, -0.1) is 0 Å². The van der Waals surface area contributed by atoms with E-state index in [1.54, 1.807) is 0 Å². The van der Waals surface area contributed by atoms with E-state index in [1.807, 2.05) is 12.1 Å². The van der Waals surface area contributed by atoms with Gasteiger partial charge in [-0.3, -0.25) is 0 Å². The zero-order valence-electron chi connectivity index (χ0n) is 36.6. The number of aromatic nitrogens is 1. The van der Waals surface area contributed by atoms with Gasteiger partial charge in [0.05, 0.1) is 22.4 Å². The summed E-state index contributed by atoms with van der Waals surface area (Å²) in [5.41, 5.74) is 17.6. The minimum absolute atomic E-state index is 0.898. The van der Waals surface area contributed by atoms with E-state index < -0.39 is 0 Å². The maximum Gasteiger partial charge on any atom is 0.143 e. The number of hydrogen-bond donors (Lipinski definition) is 0. The smallest absolute Gasteiger partial charge is 0.143 e. The lowest BCUT2D eigenvalue weighted by Gasteiger charge is -2.29. The van der Waals surface area contributed by atoms with E-state index in [0.717, 1.165) is 78.1 Å². The fraction of sp³-hybridized carbons (Fsp3) is 0. The van der Waals surface area contributed by atoms with E-state index in [9.17, 15) is 0 Å². The predicted octanol–water partition coefficient (Wildman–Crippen LogP) is 18.0. The van der Waals surface area contributed by atoms with Crippen molar-refractivity contribution >= 4 is 71.6 Å². The number of furan rings is 1. The molecule has 0 N–H and O–H groups in total. The molecular weight excluding hydrogens is 813 g/mol. The second-order valence-corrected chi connectivity index (χ2v) is 17.2. The van der Waals surface area contributed by atoms with Crippen LogP contribution in [0.3, 0.4) is 0 Å². The molecule has 0 aliphatic heterocycles. The lowest BCUT2D eigenvalue weighted by atomic mass is 9.93. The van der Waals surface area contributed by atoms with Gasteiger partial charge in [-0.25, -0.2) is 0 Å². The van der Waals surface area contributed by atoms with Gasteiger partial charge in [0.1, 0.15) is 11.2 Å². The molecule has 0 saturated heterocycles. The van der Waals surface area contributed by atoms with E-state index in [2.05, 4.69) is 252 Å². The van der Waals surface area contributed by atoms with Gasteiger partial charge in [-0.1, -0.05) is 194 Å². The van der Waals surface area contributed by atoms with Crippen LogP contribution in [-0.2, 0) is 0 Å². The van der Waals surface area contributed by atoms with Crippen molar-refractivity contribution in [2.75, 3.05) is 4.90 Å². The van der Waals surface area contributed by atoms with Gasteiger partial charge in [0.2, 0.25) is 0 Å². The van der Waals surface area contributed by atoms with Crippen LogP contribution in [0.15, 0.2) is 259 Å². The summed E-state index contributed by atoms with van der Waals surface area (Å²) in [6.45, 7) is 0. The Morgan fingerprint density at radius 1 is 0.313 bits per heavy atom. The molecule has 0 saturated carbocycles. The van der Waals surface area contributed by atoms with E-state index in [1.165, 1.54) is 43.7 Å². The Bertz CT molecular complexity index is 3930. The van der Waals surface area contributed by atoms with Crippen LogP contribution in [0, 0.1) is 0 Å². The molecule has 0 fully saturated rings. The van der Waals surface area contributed by atoms with Crippen LogP contribution in [0.2, 0.25) is 0 Å². The second-order valence-electron chi connectivity index (χ2n) is 17.2. The Morgan fingerprint density at radius 2 is 0.836 bits per heavy atom. The van der Waals surface area contributed by atoms with Crippen LogP contribution in [0.5, 0.6) is 0 Å². The third kappa shape index (κ3) is 6.51. The second kappa shape index (κ2) is 16.0. The molecule has 0 aliphatic carbocycles. The first kappa shape index (κ1) is 38.5. The van der Waals surface area contributed by atoms with Gasteiger partial charge in [0.25, 0.3) is 0 Å². The predicted molar refractivity (Wildman–Crippen MR) is 282 cm³/mol. The molecule has 0 bridgehead atoms. The Morgan fingerprint density at radius 3 is 1.58 bits per heavy atom. The number of para-hydroxylation sites is 6. The standard InChI is InChI=1S/C64H42N2O/c1-2-17-46-42-47(33-32-43(46)16-1)44-34-38-48(39-35-44)65(49-40-36-45(37-41-49)50-18-3-4-19-51(50)57-25-15-26-58-56-24-9-14-31-63(56)67-64(57)58)59-27-10-5-20-52(59)53-21-6-11-28-60(53)66-61-29-12-7-22-54(61)55-23-8-13-30-62(55)66/h1-42H. The molecular formula is C64H42N2O. The van der Waals surface area contributed by atoms with Crippen LogP contribution < -0.4 is 4.90 Å². The number of nitrogens with zero attached hydrogens (tertiary/aromatic N) is 2. The molecule has 13 rings (SSSR count). The zero-order valence-corrected chi connectivity index (χ0v) is 36.6. The van der Waals surface area contributed by atoms with E-state index in [4.69, 9.17) is 4.42 Å². The Kier molecular flexibility index (Phi) is 9.17. The summed E-state index contributed by atoms with van der Waals surface area (Å²) in [5, 5.41) is 7.21. The molecule has 0 spiro atoms. The average Bonchev–Trinajstić information content (AvgIpc) is 3.95. The first-order chi connectivity index (χ1) is 33.2. The molecule has 11 aromatic carbocycles. The average molecular weight is 855 g/mol. The lowest BCUT2D eigenvalue weighted by molar-refractivity contribution is 0.670. The fourth-order valence-electron chi connectivity index (χ4n) is 10.3. The van der Waals surface area contributed by atoms with Crippen molar-refractivity contribution in [2.24, 2.45) is 0 Å². The van der Waals surface area contributed by atoms with Crippen LogP contribution in [-0.4, -0.2) is 4.57 Å². The van der Waals surface area contributed by atoms with Gasteiger partial charge in [0.15, 0.2) is 0 Å². The van der Waals surface area contributed by atoms with Crippen molar-refractivity contribution in [3.63, 3.8) is 0 Å².